The molecule has 1 aliphatic heterocycles. The molecule has 2 aromatic rings. The van der Waals surface area contributed by atoms with E-state index in [-0.39, 0.29) is 0 Å². The van der Waals surface area contributed by atoms with Crippen LogP contribution in [-0.2, 0) is 13.1 Å². The first-order chi connectivity index (χ1) is 8.38. The predicted octanol–water partition coefficient (Wildman–Crippen LogP) is 1.77. The molecule has 0 saturated heterocycles. The molecule has 1 aromatic carbocycles. The average Bonchev–Trinajstić information content (AvgIpc) is 2.85. The minimum absolute atomic E-state index is 0.729. The highest BCUT2D eigenvalue weighted by Gasteiger charge is 2.18. The molecule has 0 radical (unpaired) electrons. The van der Waals surface area contributed by atoms with Crippen LogP contribution in [0.3, 0.4) is 0 Å². The molecule has 1 aromatic heterocycles. The van der Waals surface area contributed by atoms with E-state index >= 15 is 0 Å². The first-order valence-corrected chi connectivity index (χ1v) is 5.62. The standard InChI is InChI=1S/C13H12N4/c14-9-11-3-1-2-4-12(11)17-8-7-16-6-5-15-13(16)10-17/h1-6H,7-8,10H2. The molecule has 4 heteroatoms. The Bertz CT molecular complexity index is 579. The summed E-state index contributed by atoms with van der Waals surface area (Å²) in [6.07, 6.45) is 3.83. The van der Waals surface area contributed by atoms with E-state index in [9.17, 15) is 0 Å². The van der Waals surface area contributed by atoms with Gasteiger partial charge in [0, 0.05) is 25.5 Å². The third-order valence-electron chi connectivity index (χ3n) is 3.11. The molecule has 0 aliphatic carbocycles. The Labute approximate surface area is 99.7 Å². The molecular formula is C13H12N4. The number of benzene rings is 1. The molecule has 0 bridgehead atoms. The van der Waals surface area contributed by atoms with Crippen LogP contribution < -0.4 is 4.90 Å². The van der Waals surface area contributed by atoms with Gasteiger partial charge in [0.1, 0.15) is 11.9 Å². The summed E-state index contributed by atoms with van der Waals surface area (Å²) in [5.41, 5.74) is 1.73. The van der Waals surface area contributed by atoms with Crippen molar-refractivity contribution in [1.29, 1.82) is 5.26 Å². The monoisotopic (exact) mass is 224 g/mol. The molecule has 0 spiro atoms. The maximum Gasteiger partial charge on any atom is 0.128 e. The van der Waals surface area contributed by atoms with Crippen LogP contribution in [0.4, 0.5) is 5.69 Å². The highest BCUT2D eigenvalue weighted by molar-refractivity contribution is 5.59. The number of imidazole rings is 1. The molecule has 0 saturated carbocycles. The quantitative estimate of drug-likeness (QED) is 0.741. The highest BCUT2D eigenvalue weighted by atomic mass is 15.2. The number of anilines is 1. The molecule has 0 amide bonds. The van der Waals surface area contributed by atoms with Gasteiger partial charge in [-0.1, -0.05) is 12.1 Å². The van der Waals surface area contributed by atoms with Gasteiger partial charge in [-0.15, -0.1) is 0 Å². The Morgan fingerprint density at radius 1 is 1.24 bits per heavy atom. The third kappa shape index (κ3) is 1.66. The molecule has 0 unspecified atom stereocenters. The van der Waals surface area contributed by atoms with Gasteiger partial charge in [-0.25, -0.2) is 4.98 Å². The lowest BCUT2D eigenvalue weighted by Gasteiger charge is -2.30. The zero-order valence-electron chi connectivity index (χ0n) is 9.37. The van der Waals surface area contributed by atoms with Gasteiger partial charge in [-0.2, -0.15) is 5.26 Å². The summed E-state index contributed by atoms with van der Waals surface area (Å²) < 4.78 is 2.16. The highest BCUT2D eigenvalue weighted by Crippen LogP contribution is 2.23. The van der Waals surface area contributed by atoms with E-state index in [0.717, 1.165) is 36.7 Å². The van der Waals surface area contributed by atoms with E-state index in [1.54, 1.807) is 0 Å². The fourth-order valence-electron chi connectivity index (χ4n) is 2.22. The summed E-state index contributed by atoms with van der Waals surface area (Å²) in [5, 5.41) is 9.11. The van der Waals surface area contributed by atoms with Crippen LogP contribution in [0.5, 0.6) is 0 Å². The Morgan fingerprint density at radius 3 is 3.00 bits per heavy atom. The third-order valence-corrected chi connectivity index (χ3v) is 3.11. The summed E-state index contributed by atoms with van der Waals surface area (Å²) in [7, 11) is 0. The van der Waals surface area contributed by atoms with Gasteiger partial charge in [-0.3, -0.25) is 0 Å². The van der Waals surface area contributed by atoms with E-state index in [4.69, 9.17) is 5.26 Å². The molecular weight excluding hydrogens is 212 g/mol. The van der Waals surface area contributed by atoms with Crippen molar-refractivity contribution in [3.05, 3.63) is 48.0 Å². The van der Waals surface area contributed by atoms with Crippen LogP contribution in [0.25, 0.3) is 0 Å². The summed E-state index contributed by atoms with van der Waals surface area (Å²) in [5.74, 6) is 1.06. The second-order valence-electron chi connectivity index (χ2n) is 4.09. The molecule has 17 heavy (non-hydrogen) atoms. The first kappa shape index (κ1) is 9.91. The van der Waals surface area contributed by atoms with Crippen LogP contribution in [0.2, 0.25) is 0 Å². The zero-order valence-corrected chi connectivity index (χ0v) is 9.37. The minimum atomic E-state index is 0.729. The van der Waals surface area contributed by atoms with Crippen molar-refractivity contribution < 1.29 is 0 Å². The molecule has 0 fully saturated rings. The molecule has 1 aliphatic rings. The Kier molecular flexibility index (Phi) is 2.30. The normalized spacial score (nSPS) is 14.2. The molecule has 3 rings (SSSR count). The van der Waals surface area contributed by atoms with Crippen molar-refractivity contribution in [3.8, 4) is 6.07 Å². The van der Waals surface area contributed by atoms with Gasteiger partial charge in [0.05, 0.1) is 17.8 Å². The summed E-state index contributed by atoms with van der Waals surface area (Å²) >= 11 is 0. The van der Waals surface area contributed by atoms with E-state index in [1.165, 1.54) is 0 Å². The summed E-state index contributed by atoms with van der Waals surface area (Å²) in [4.78, 5) is 6.54. The van der Waals surface area contributed by atoms with E-state index in [0.29, 0.717) is 0 Å². The summed E-state index contributed by atoms with van der Waals surface area (Å²) in [6.45, 7) is 2.61. The number of rotatable bonds is 1. The van der Waals surface area contributed by atoms with Crippen LogP contribution in [0.1, 0.15) is 11.4 Å². The smallest absolute Gasteiger partial charge is 0.128 e. The molecule has 0 N–H and O–H groups in total. The molecule has 4 nitrogen and oxygen atoms in total. The number of hydrogen-bond acceptors (Lipinski definition) is 3. The minimum Gasteiger partial charge on any atom is -0.361 e. The maximum absolute atomic E-state index is 9.11. The fourth-order valence-corrected chi connectivity index (χ4v) is 2.22. The van der Waals surface area contributed by atoms with Crippen molar-refractivity contribution >= 4 is 5.69 Å². The molecule has 2 heterocycles. The van der Waals surface area contributed by atoms with E-state index in [1.807, 2.05) is 36.7 Å². The number of para-hydroxylation sites is 1. The largest absolute Gasteiger partial charge is 0.361 e. The van der Waals surface area contributed by atoms with Gasteiger partial charge >= 0.3 is 0 Å². The Hall–Kier alpha value is -2.28. The Balaban J connectivity index is 1.95. The van der Waals surface area contributed by atoms with Gasteiger partial charge < -0.3 is 9.47 Å². The van der Waals surface area contributed by atoms with Crippen molar-refractivity contribution in [1.82, 2.24) is 9.55 Å². The van der Waals surface area contributed by atoms with Crippen molar-refractivity contribution in [3.63, 3.8) is 0 Å². The first-order valence-electron chi connectivity index (χ1n) is 5.62. The van der Waals surface area contributed by atoms with Gasteiger partial charge in [0.25, 0.3) is 0 Å². The second-order valence-corrected chi connectivity index (χ2v) is 4.09. The lowest BCUT2D eigenvalue weighted by Crippen LogP contribution is -2.34. The van der Waals surface area contributed by atoms with Crippen LogP contribution >= 0.6 is 0 Å². The number of fused-ring (bicyclic) bond motifs is 1. The summed E-state index contributed by atoms with van der Waals surface area (Å²) in [6, 6.07) is 9.96. The molecule has 84 valence electrons. The maximum atomic E-state index is 9.11. The number of hydrogen-bond donors (Lipinski definition) is 0. The van der Waals surface area contributed by atoms with Crippen molar-refractivity contribution in [2.45, 2.75) is 13.1 Å². The zero-order chi connectivity index (χ0) is 11.7. The molecule has 0 atom stereocenters. The lowest BCUT2D eigenvalue weighted by atomic mass is 10.1. The fraction of sp³-hybridized carbons (Fsp3) is 0.231. The van der Waals surface area contributed by atoms with Crippen molar-refractivity contribution in [2.24, 2.45) is 0 Å². The average molecular weight is 224 g/mol. The number of nitrogens with zero attached hydrogens (tertiary/aromatic N) is 4. The van der Waals surface area contributed by atoms with E-state index in [2.05, 4.69) is 20.5 Å². The number of aromatic nitrogens is 2. The van der Waals surface area contributed by atoms with Crippen molar-refractivity contribution in [2.75, 3.05) is 11.4 Å². The van der Waals surface area contributed by atoms with Gasteiger partial charge in [0.15, 0.2) is 0 Å². The van der Waals surface area contributed by atoms with E-state index < -0.39 is 0 Å². The SMILES string of the molecule is N#Cc1ccccc1N1CCn2ccnc2C1. The number of nitriles is 1. The van der Waals surface area contributed by atoms with Gasteiger partial charge in [0.2, 0.25) is 0 Å². The van der Waals surface area contributed by atoms with Crippen LogP contribution in [0, 0.1) is 11.3 Å². The van der Waals surface area contributed by atoms with Crippen LogP contribution in [-0.4, -0.2) is 16.1 Å². The topological polar surface area (TPSA) is 44.9 Å². The predicted molar refractivity (Wildman–Crippen MR) is 64.4 cm³/mol. The second kappa shape index (κ2) is 3.95. The lowest BCUT2D eigenvalue weighted by molar-refractivity contribution is 0.560. The van der Waals surface area contributed by atoms with Crippen LogP contribution in [0.15, 0.2) is 36.7 Å². The van der Waals surface area contributed by atoms with Gasteiger partial charge in [-0.05, 0) is 12.1 Å². The Morgan fingerprint density at radius 2 is 2.12 bits per heavy atom.